The number of aryl methyl sites for hydroxylation is 2. The van der Waals surface area contributed by atoms with Crippen LogP contribution in [0.25, 0.3) is 0 Å². The van der Waals surface area contributed by atoms with Crippen LogP contribution in [0.3, 0.4) is 0 Å². The largest absolute Gasteiger partial charge is 0.478 e. The summed E-state index contributed by atoms with van der Waals surface area (Å²) in [4.78, 5) is 11.3. The molecule has 14 heavy (non-hydrogen) atoms. The topological polar surface area (TPSA) is 37.3 Å². The van der Waals surface area contributed by atoms with Crippen molar-refractivity contribution < 1.29 is 9.90 Å². The average molecular weight is 208 g/mol. The minimum atomic E-state index is -0.915. The third kappa shape index (κ3) is 3.26. The minimum absolute atomic E-state index is 0.915. The molecule has 0 aromatic heterocycles. The number of hydrogen-bond acceptors (Lipinski definition) is 2. The quantitative estimate of drug-likeness (QED) is 0.613. The van der Waals surface area contributed by atoms with Gasteiger partial charge in [0.2, 0.25) is 0 Å². The highest BCUT2D eigenvalue weighted by atomic mass is 32.2. The molecule has 3 heteroatoms. The molecule has 0 unspecified atom stereocenters. The number of hydrogen-bond donors (Lipinski definition) is 1. The molecule has 2 nitrogen and oxygen atoms in total. The van der Waals surface area contributed by atoms with Crippen molar-refractivity contribution in [2.45, 2.75) is 18.7 Å². The second-order valence-electron chi connectivity index (χ2n) is 3.00. The number of aliphatic carboxylic acids is 1. The predicted octanol–water partition coefficient (Wildman–Crippen LogP) is 2.99. The Balaban J connectivity index is 2.69. The van der Waals surface area contributed by atoms with E-state index in [2.05, 4.69) is 6.92 Å². The van der Waals surface area contributed by atoms with E-state index in [1.165, 1.54) is 22.9 Å². The summed E-state index contributed by atoms with van der Waals surface area (Å²) < 4.78 is 0. The lowest BCUT2D eigenvalue weighted by Crippen LogP contribution is -1.84. The molecule has 0 aliphatic carbocycles. The van der Waals surface area contributed by atoms with E-state index < -0.39 is 5.97 Å². The van der Waals surface area contributed by atoms with Crippen LogP contribution in [0.2, 0.25) is 0 Å². The van der Waals surface area contributed by atoms with Crippen LogP contribution in [0.15, 0.2) is 34.6 Å². The van der Waals surface area contributed by atoms with Crippen LogP contribution in [-0.4, -0.2) is 11.1 Å². The number of benzene rings is 1. The summed E-state index contributed by atoms with van der Waals surface area (Å²) in [5, 5.41) is 9.97. The first-order valence-corrected chi connectivity index (χ1v) is 5.11. The molecule has 0 aliphatic rings. The zero-order chi connectivity index (χ0) is 10.6. The van der Waals surface area contributed by atoms with E-state index in [1.54, 1.807) is 5.41 Å². The van der Waals surface area contributed by atoms with Crippen LogP contribution in [0.1, 0.15) is 11.1 Å². The molecule has 1 aromatic rings. The summed E-state index contributed by atoms with van der Waals surface area (Å²) >= 11 is 1.41. The van der Waals surface area contributed by atoms with E-state index >= 15 is 0 Å². The van der Waals surface area contributed by atoms with Crippen molar-refractivity contribution in [3.63, 3.8) is 0 Å². The van der Waals surface area contributed by atoms with Gasteiger partial charge < -0.3 is 5.11 Å². The molecule has 1 N–H and O–H groups in total. The van der Waals surface area contributed by atoms with E-state index in [0.717, 1.165) is 11.0 Å². The summed E-state index contributed by atoms with van der Waals surface area (Å²) in [6.45, 7) is 4.09. The Morgan fingerprint density at radius 1 is 1.36 bits per heavy atom. The Morgan fingerprint density at radius 2 is 2.07 bits per heavy atom. The lowest BCUT2D eigenvalue weighted by molar-refractivity contribution is -0.131. The molecule has 0 aliphatic heterocycles. The van der Waals surface area contributed by atoms with E-state index in [0.29, 0.717) is 0 Å². The Morgan fingerprint density at radius 3 is 2.64 bits per heavy atom. The second kappa shape index (κ2) is 4.86. The fourth-order valence-electron chi connectivity index (χ4n) is 0.958. The fraction of sp³-hybridized carbons (Fsp3) is 0.182. The van der Waals surface area contributed by atoms with Gasteiger partial charge >= 0.3 is 5.97 Å². The van der Waals surface area contributed by atoms with Gasteiger partial charge in [0.15, 0.2) is 0 Å². The second-order valence-corrected chi connectivity index (χ2v) is 3.98. The molecule has 0 fully saturated rings. The SMILES string of the molecule is Cc1ccc(SC=CC(=O)O)cc1C. The molecular weight excluding hydrogens is 196 g/mol. The number of carboxylic acid groups (broad SMARTS) is 1. The van der Waals surface area contributed by atoms with Gasteiger partial charge in [0.05, 0.1) is 0 Å². The van der Waals surface area contributed by atoms with Crippen molar-refractivity contribution in [2.24, 2.45) is 0 Å². The first kappa shape index (κ1) is 10.9. The van der Waals surface area contributed by atoms with Gasteiger partial charge in [-0.05, 0) is 42.5 Å². The summed E-state index contributed by atoms with van der Waals surface area (Å²) in [5.74, 6) is -0.915. The molecule has 0 atom stereocenters. The molecule has 0 saturated heterocycles. The van der Waals surface area contributed by atoms with E-state index in [4.69, 9.17) is 5.11 Å². The predicted molar refractivity (Wildman–Crippen MR) is 58.5 cm³/mol. The Kier molecular flexibility index (Phi) is 3.77. The van der Waals surface area contributed by atoms with Gasteiger partial charge in [0.1, 0.15) is 0 Å². The summed E-state index contributed by atoms with van der Waals surface area (Å²) in [7, 11) is 0. The smallest absolute Gasteiger partial charge is 0.328 e. The van der Waals surface area contributed by atoms with Crippen LogP contribution >= 0.6 is 11.8 Å². The Bertz CT molecular complexity index is 370. The molecular formula is C11H12O2S. The minimum Gasteiger partial charge on any atom is -0.478 e. The van der Waals surface area contributed by atoms with Crippen LogP contribution in [-0.2, 0) is 4.79 Å². The third-order valence-electron chi connectivity index (χ3n) is 1.89. The van der Waals surface area contributed by atoms with E-state index in [-0.39, 0.29) is 0 Å². The summed E-state index contributed by atoms with van der Waals surface area (Å²) in [5.41, 5.74) is 2.47. The molecule has 0 bridgehead atoms. The molecule has 74 valence electrons. The average Bonchev–Trinajstić information content (AvgIpc) is 2.10. The standard InChI is InChI=1S/C11H12O2S/c1-8-3-4-10(7-9(8)2)14-6-5-11(12)13/h3-7H,1-2H3,(H,12,13). The lowest BCUT2D eigenvalue weighted by Gasteiger charge is -2.01. The lowest BCUT2D eigenvalue weighted by atomic mass is 10.1. The highest BCUT2D eigenvalue weighted by Gasteiger charge is 1.95. The maximum Gasteiger partial charge on any atom is 0.328 e. The van der Waals surface area contributed by atoms with Crippen molar-refractivity contribution >= 4 is 17.7 Å². The molecule has 0 radical (unpaired) electrons. The first-order valence-electron chi connectivity index (χ1n) is 4.23. The summed E-state index contributed by atoms with van der Waals surface area (Å²) in [6, 6.07) is 6.07. The summed E-state index contributed by atoms with van der Waals surface area (Å²) in [6.07, 6.45) is 1.14. The third-order valence-corrected chi connectivity index (χ3v) is 2.69. The van der Waals surface area contributed by atoms with Crippen LogP contribution < -0.4 is 0 Å². The van der Waals surface area contributed by atoms with Gasteiger partial charge in [0, 0.05) is 11.0 Å². The maximum atomic E-state index is 10.2. The zero-order valence-corrected chi connectivity index (χ0v) is 8.97. The molecule has 1 rings (SSSR count). The van der Waals surface area contributed by atoms with Crippen molar-refractivity contribution in [3.05, 3.63) is 40.8 Å². The molecule has 0 amide bonds. The Labute approximate surface area is 87.6 Å². The maximum absolute atomic E-state index is 10.2. The number of thioether (sulfide) groups is 1. The highest BCUT2D eigenvalue weighted by molar-refractivity contribution is 8.02. The molecule has 0 saturated carbocycles. The van der Waals surface area contributed by atoms with Gasteiger partial charge in [-0.2, -0.15) is 0 Å². The van der Waals surface area contributed by atoms with Gasteiger partial charge in [0.25, 0.3) is 0 Å². The van der Waals surface area contributed by atoms with E-state index in [9.17, 15) is 4.79 Å². The zero-order valence-electron chi connectivity index (χ0n) is 8.15. The van der Waals surface area contributed by atoms with Gasteiger partial charge in [-0.15, -0.1) is 0 Å². The van der Waals surface area contributed by atoms with Gasteiger partial charge in [-0.3, -0.25) is 0 Å². The Hall–Kier alpha value is -1.22. The normalized spacial score (nSPS) is 10.7. The van der Waals surface area contributed by atoms with Crippen molar-refractivity contribution in [1.82, 2.24) is 0 Å². The monoisotopic (exact) mass is 208 g/mol. The number of carboxylic acids is 1. The van der Waals surface area contributed by atoms with E-state index in [1.807, 2.05) is 25.1 Å². The highest BCUT2D eigenvalue weighted by Crippen LogP contribution is 2.21. The first-order chi connectivity index (χ1) is 6.59. The van der Waals surface area contributed by atoms with Gasteiger partial charge in [-0.25, -0.2) is 4.79 Å². The van der Waals surface area contributed by atoms with Crippen molar-refractivity contribution in [2.75, 3.05) is 0 Å². The van der Waals surface area contributed by atoms with Crippen molar-refractivity contribution in [3.8, 4) is 0 Å². The van der Waals surface area contributed by atoms with Crippen molar-refractivity contribution in [1.29, 1.82) is 0 Å². The molecule has 0 heterocycles. The van der Waals surface area contributed by atoms with Gasteiger partial charge in [-0.1, -0.05) is 17.8 Å². The number of carbonyl (C=O) groups is 1. The number of rotatable bonds is 3. The van der Waals surface area contributed by atoms with Crippen LogP contribution in [0.5, 0.6) is 0 Å². The van der Waals surface area contributed by atoms with Crippen LogP contribution in [0, 0.1) is 13.8 Å². The molecule has 1 aromatic carbocycles. The molecule has 0 spiro atoms. The van der Waals surface area contributed by atoms with Crippen LogP contribution in [0.4, 0.5) is 0 Å². The fourth-order valence-corrected chi connectivity index (χ4v) is 1.69.